The number of rotatable bonds is 1. The van der Waals surface area contributed by atoms with Crippen molar-refractivity contribution in [2.45, 2.75) is 11.3 Å². The summed E-state index contributed by atoms with van der Waals surface area (Å²) in [4.78, 5) is 0.256. The zero-order valence-corrected chi connectivity index (χ0v) is 9.21. The Hall–Kier alpha value is -1.23. The van der Waals surface area contributed by atoms with Crippen molar-refractivity contribution in [3.8, 4) is 11.5 Å². The van der Waals surface area contributed by atoms with Crippen LogP contribution in [0.3, 0.4) is 0 Å². The molecule has 4 nitrogen and oxygen atoms in total. The second-order valence-corrected chi connectivity index (χ2v) is 5.45. The first-order chi connectivity index (χ1) is 7.07. The Morgan fingerprint density at radius 1 is 1.13 bits per heavy atom. The van der Waals surface area contributed by atoms with Crippen LogP contribution in [0, 0.1) is 0 Å². The van der Waals surface area contributed by atoms with Gasteiger partial charge in [-0.2, -0.15) is 0 Å². The number of benzene rings is 1. The fourth-order valence-corrected chi connectivity index (χ4v) is 2.01. The normalized spacial score (nSPS) is 15.8. The standard InChI is InChI=1S/C10H12O4S/c1-15(11,12)8-3-4-9-10(7-8)14-6-2-5-13-9/h3-4,7H,2,5-6H2,1H3. The Kier molecular flexibility index (Phi) is 2.56. The molecule has 5 heteroatoms. The van der Waals surface area contributed by atoms with Gasteiger partial charge in [0.25, 0.3) is 0 Å². The summed E-state index contributed by atoms with van der Waals surface area (Å²) in [7, 11) is -3.18. The minimum absolute atomic E-state index is 0.256. The van der Waals surface area contributed by atoms with E-state index in [4.69, 9.17) is 9.47 Å². The lowest BCUT2D eigenvalue weighted by Gasteiger charge is -2.07. The Bertz CT molecular complexity index is 464. The monoisotopic (exact) mass is 228 g/mol. The van der Waals surface area contributed by atoms with Crippen LogP contribution in [0.15, 0.2) is 23.1 Å². The lowest BCUT2D eigenvalue weighted by Crippen LogP contribution is -1.99. The van der Waals surface area contributed by atoms with E-state index in [0.717, 1.165) is 6.42 Å². The predicted molar refractivity (Wildman–Crippen MR) is 55.2 cm³/mol. The fourth-order valence-electron chi connectivity index (χ4n) is 1.37. The van der Waals surface area contributed by atoms with Gasteiger partial charge in [-0.1, -0.05) is 0 Å². The zero-order valence-electron chi connectivity index (χ0n) is 8.39. The maximum absolute atomic E-state index is 11.3. The molecule has 1 aromatic carbocycles. The van der Waals surface area contributed by atoms with E-state index in [2.05, 4.69) is 0 Å². The fraction of sp³-hybridized carbons (Fsp3) is 0.400. The summed E-state index contributed by atoms with van der Waals surface area (Å²) in [5, 5.41) is 0. The van der Waals surface area contributed by atoms with E-state index in [1.807, 2.05) is 0 Å². The molecule has 1 aliphatic heterocycles. The second-order valence-electron chi connectivity index (χ2n) is 3.43. The number of sulfone groups is 1. The molecule has 15 heavy (non-hydrogen) atoms. The highest BCUT2D eigenvalue weighted by atomic mass is 32.2. The first-order valence-electron chi connectivity index (χ1n) is 4.67. The van der Waals surface area contributed by atoms with Crippen molar-refractivity contribution in [2.24, 2.45) is 0 Å². The highest BCUT2D eigenvalue weighted by molar-refractivity contribution is 7.90. The molecule has 1 heterocycles. The van der Waals surface area contributed by atoms with Gasteiger partial charge >= 0.3 is 0 Å². The molecule has 0 unspecified atom stereocenters. The maximum atomic E-state index is 11.3. The van der Waals surface area contributed by atoms with Gasteiger partial charge < -0.3 is 9.47 Å². The third-order valence-electron chi connectivity index (χ3n) is 2.15. The molecule has 0 spiro atoms. The molecule has 0 fully saturated rings. The molecule has 0 atom stereocenters. The van der Waals surface area contributed by atoms with Crippen LogP contribution in [-0.4, -0.2) is 27.9 Å². The molecule has 0 amide bonds. The first kappa shape index (κ1) is 10.3. The van der Waals surface area contributed by atoms with Crippen molar-refractivity contribution in [3.05, 3.63) is 18.2 Å². The van der Waals surface area contributed by atoms with E-state index in [1.165, 1.54) is 18.4 Å². The number of hydrogen-bond acceptors (Lipinski definition) is 4. The van der Waals surface area contributed by atoms with E-state index in [1.54, 1.807) is 6.07 Å². The molecule has 82 valence electrons. The highest BCUT2D eigenvalue weighted by Gasteiger charge is 2.14. The van der Waals surface area contributed by atoms with Crippen molar-refractivity contribution < 1.29 is 17.9 Å². The molecule has 0 aromatic heterocycles. The van der Waals surface area contributed by atoms with Crippen molar-refractivity contribution in [3.63, 3.8) is 0 Å². The Labute approximate surface area is 88.7 Å². The summed E-state index contributed by atoms with van der Waals surface area (Å²) in [6, 6.07) is 4.68. The summed E-state index contributed by atoms with van der Waals surface area (Å²) >= 11 is 0. The Morgan fingerprint density at radius 3 is 2.47 bits per heavy atom. The van der Waals surface area contributed by atoms with E-state index >= 15 is 0 Å². The van der Waals surface area contributed by atoms with Gasteiger partial charge in [-0.3, -0.25) is 0 Å². The molecule has 0 bridgehead atoms. The van der Waals surface area contributed by atoms with E-state index in [0.29, 0.717) is 24.7 Å². The summed E-state index contributed by atoms with van der Waals surface area (Å²) in [5.41, 5.74) is 0. The minimum atomic E-state index is -3.18. The summed E-state index contributed by atoms with van der Waals surface area (Å²) < 4.78 is 33.4. The van der Waals surface area contributed by atoms with Gasteiger partial charge in [-0.25, -0.2) is 8.42 Å². The topological polar surface area (TPSA) is 52.6 Å². The SMILES string of the molecule is CS(=O)(=O)c1ccc2c(c1)OCCCO2. The smallest absolute Gasteiger partial charge is 0.175 e. The second kappa shape index (κ2) is 3.73. The maximum Gasteiger partial charge on any atom is 0.175 e. The largest absolute Gasteiger partial charge is 0.490 e. The molecular formula is C10H12O4S. The summed E-state index contributed by atoms with van der Waals surface area (Å²) in [6.07, 6.45) is 1.98. The van der Waals surface area contributed by atoms with Gasteiger partial charge in [-0.05, 0) is 12.1 Å². The summed E-state index contributed by atoms with van der Waals surface area (Å²) in [6.45, 7) is 1.16. The third-order valence-corrected chi connectivity index (χ3v) is 3.26. The van der Waals surface area contributed by atoms with Crippen LogP contribution in [0.25, 0.3) is 0 Å². The zero-order chi connectivity index (χ0) is 10.9. The van der Waals surface area contributed by atoms with E-state index in [-0.39, 0.29) is 4.90 Å². The third kappa shape index (κ3) is 2.23. The Balaban J connectivity index is 2.45. The van der Waals surface area contributed by atoms with Crippen LogP contribution in [0.5, 0.6) is 11.5 Å². The average molecular weight is 228 g/mol. The van der Waals surface area contributed by atoms with Gasteiger partial charge in [0.1, 0.15) is 0 Å². The van der Waals surface area contributed by atoms with E-state index in [9.17, 15) is 8.42 Å². The van der Waals surface area contributed by atoms with Crippen LogP contribution < -0.4 is 9.47 Å². The Morgan fingerprint density at radius 2 is 1.80 bits per heavy atom. The molecule has 0 saturated carbocycles. The molecule has 0 aliphatic carbocycles. The number of fused-ring (bicyclic) bond motifs is 1. The van der Waals surface area contributed by atoms with Crippen LogP contribution in [0.2, 0.25) is 0 Å². The number of hydrogen-bond donors (Lipinski definition) is 0. The van der Waals surface area contributed by atoms with Crippen LogP contribution >= 0.6 is 0 Å². The first-order valence-corrected chi connectivity index (χ1v) is 6.56. The average Bonchev–Trinajstić information content (AvgIpc) is 2.39. The minimum Gasteiger partial charge on any atom is -0.490 e. The van der Waals surface area contributed by atoms with Crippen LogP contribution in [-0.2, 0) is 9.84 Å². The van der Waals surface area contributed by atoms with E-state index < -0.39 is 9.84 Å². The summed E-state index contributed by atoms with van der Waals surface area (Å²) in [5.74, 6) is 1.12. The van der Waals surface area contributed by atoms with Crippen LogP contribution in [0.1, 0.15) is 6.42 Å². The molecule has 0 radical (unpaired) electrons. The van der Waals surface area contributed by atoms with Crippen molar-refractivity contribution in [2.75, 3.05) is 19.5 Å². The van der Waals surface area contributed by atoms with Gasteiger partial charge in [0.15, 0.2) is 21.3 Å². The lowest BCUT2D eigenvalue weighted by molar-refractivity contribution is 0.297. The van der Waals surface area contributed by atoms with Crippen molar-refractivity contribution in [1.29, 1.82) is 0 Å². The van der Waals surface area contributed by atoms with Gasteiger partial charge in [0.05, 0.1) is 18.1 Å². The molecule has 0 saturated heterocycles. The molecule has 0 N–H and O–H groups in total. The van der Waals surface area contributed by atoms with Crippen molar-refractivity contribution in [1.82, 2.24) is 0 Å². The van der Waals surface area contributed by atoms with Gasteiger partial charge in [0, 0.05) is 18.7 Å². The molecular weight excluding hydrogens is 216 g/mol. The quantitative estimate of drug-likeness (QED) is 0.726. The van der Waals surface area contributed by atoms with Gasteiger partial charge in [-0.15, -0.1) is 0 Å². The molecule has 1 aliphatic rings. The van der Waals surface area contributed by atoms with Crippen molar-refractivity contribution >= 4 is 9.84 Å². The predicted octanol–water partition coefficient (Wildman–Crippen LogP) is 1.25. The molecule has 1 aromatic rings. The lowest BCUT2D eigenvalue weighted by atomic mass is 10.3. The van der Waals surface area contributed by atoms with Crippen LogP contribution in [0.4, 0.5) is 0 Å². The highest BCUT2D eigenvalue weighted by Crippen LogP contribution is 2.31. The number of ether oxygens (including phenoxy) is 2. The van der Waals surface area contributed by atoms with Gasteiger partial charge in [0.2, 0.25) is 0 Å². The molecule has 2 rings (SSSR count).